The second-order valence-corrected chi connectivity index (χ2v) is 2.38. The average molecular weight is 251 g/mol. The lowest BCUT2D eigenvalue weighted by atomic mass is 10.1. The fourth-order valence-electron chi connectivity index (χ4n) is 0.755. The summed E-state index contributed by atoms with van der Waals surface area (Å²) in [5, 5.41) is 16.9. The van der Waals surface area contributed by atoms with Gasteiger partial charge in [0.2, 0.25) is 0 Å². The highest BCUT2D eigenvalue weighted by atomic mass is 16.4. The van der Waals surface area contributed by atoms with E-state index in [-0.39, 0.29) is 11.1 Å². The zero-order chi connectivity index (χ0) is 14.6. The zero-order valence-corrected chi connectivity index (χ0v) is 8.76. The molecule has 0 heterocycles. The zero-order valence-electron chi connectivity index (χ0n) is 8.76. The van der Waals surface area contributed by atoms with E-state index in [0.29, 0.717) is 0 Å². The Morgan fingerprint density at radius 2 is 1.11 bits per heavy atom. The monoisotopic (exact) mass is 251 g/mol. The molecule has 1 rings (SSSR count). The molecule has 0 aliphatic rings. The van der Waals surface area contributed by atoms with Crippen LogP contribution in [0.25, 0.3) is 26.4 Å². The number of hydrogen-bond donors (Lipinski definition) is 3. The van der Waals surface area contributed by atoms with Gasteiger partial charge < -0.3 is 21.3 Å². The quantitative estimate of drug-likeness (QED) is 0.413. The van der Waals surface area contributed by atoms with Gasteiger partial charge in [0.15, 0.2) is 0 Å². The smallest absolute Gasteiger partial charge is 0.335 e. The highest BCUT2D eigenvalue weighted by Crippen LogP contribution is 2.03. The molecule has 10 heteroatoms. The van der Waals surface area contributed by atoms with Crippen LogP contribution in [0.1, 0.15) is 20.7 Å². The maximum atomic E-state index is 10.3. The summed E-state index contributed by atoms with van der Waals surface area (Å²) in [4.78, 5) is 23.9. The van der Waals surface area contributed by atoms with E-state index in [2.05, 4.69) is 0 Å². The van der Waals surface area contributed by atoms with Gasteiger partial charge in [-0.2, -0.15) is 0 Å². The standard InChI is InChI=1S/C8H6O4.HN3.N3/c9-7(10)5-1-2-6(4-3-5)8(11)12;2*1-3-2/h1-4H,(H,9,10)(H,11,12);1H;/q;;-1. The van der Waals surface area contributed by atoms with Crippen molar-refractivity contribution in [3.63, 3.8) is 0 Å². The van der Waals surface area contributed by atoms with Crippen LogP contribution in [0.4, 0.5) is 0 Å². The number of nitrogens with one attached hydrogen (secondary N) is 1. The van der Waals surface area contributed by atoms with Crippen molar-refractivity contribution in [2.24, 2.45) is 0 Å². The molecule has 0 aliphatic heterocycles. The molecule has 3 N–H and O–H groups in total. The number of carboxylic acids is 2. The highest BCUT2D eigenvalue weighted by Gasteiger charge is 2.04. The van der Waals surface area contributed by atoms with Gasteiger partial charge in [-0.15, -0.1) is 5.53 Å². The molecule has 0 spiro atoms. The minimum Gasteiger partial charge on any atom is -0.478 e. The molecule has 94 valence electrons. The van der Waals surface area contributed by atoms with Crippen molar-refractivity contribution in [3.8, 4) is 0 Å². The van der Waals surface area contributed by atoms with Crippen molar-refractivity contribution < 1.29 is 19.8 Å². The van der Waals surface area contributed by atoms with Crippen molar-refractivity contribution in [2.45, 2.75) is 0 Å². The van der Waals surface area contributed by atoms with E-state index < -0.39 is 11.9 Å². The number of aromatic carboxylic acids is 2. The fourth-order valence-corrected chi connectivity index (χ4v) is 0.755. The van der Waals surface area contributed by atoms with Gasteiger partial charge in [-0.1, -0.05) is 0 Å². The molecular weight excluding hydrogens is 244 g/mol. The van der Waals surface area contributed by atoms with Gasteiger partial charge in [-0.25, -0.2) is 9.59 Å². The summed E-state index contributed by atoms with van der Waals surface area (Å²) in [7, 11) is 0. The number of benzene rings is 1. The van der Waals surface area contributed by atoms with Crippen LogP contribution in [0, 0.1) is 5.53 Å². The van der Waals surface area contributed by atoms with E-state index in [1.807, 2.05) is 0 Å². The molecule has 1 aromatic carbocycles. The summed E-state index contributed by atoms with van der Waals surface area (Å²) in [6, 6.07) is 5.02. The highest BCUT2D eigenvalue weighted by molar-refractivity contribution is 5.91. The van der Waals surface area contributed by atoms with Crippen LogP contribution in [0.2, 0.25) is 0 Å². The van der Waals surface area contributed by atoms with Gasteiger partial charge in [0.1, 0.15) is 0 Å². The molecule has 0 bridgehead atoms. The van der Waals surface area contributed by atoms with Crippen LogP contribution in [0.3, 0.4) is 0 Å². The van der Waals surface area contributed by atoms with E-state index in [1.54, 1.807) is 4.91 Å². The van der Waals surface area contributed by atoms with Crippen LogP contribution in [0.15, 0.2) is 24.3 Å². The summed E-state index contributed by atoms with van der Waals surface area (Å²) < 4.78 is 0. The molecule has 0 unspecified atom stereocenters. The first-order valence-corrected chi connectivity index (χ1v) is 4.00. The predicted octanol–water partition coefficient (Wildman–Crippen LogP) is 2.82. The van der Waals surface area contributed by atoms with E-state index in [4.69, 9.17) is 32.3 Å². The Morgan fingerprint density at radius 3 is 1.22 bits per heavy atom. The Morgan fingerprint density at radius 1 is 0.944 bits per heavy atom. The summed E-state index contributed by atoms with van der Waals surface area (Å²) in [5.41, 5.74) is 25.9. The second-order valence-electron chi connectivity index (χ2n) is 2.38. The normalized spacial score (nSPS) is 7.11. The van der Waals surface area contributed by atoms with Crippen LogP contribution in [-0.4, -0.2) is 22.2 Å². The minimum atomic E-state index is -1.06. The molecule has 0 fully saturated rings. The molecule has 10 nitrogen and oxygen atoms in total. The number of hydrogen-bond acceptors (Lipinski definition) is 3. The summed E-state index contributed by atoms with van der Waals surface area (Å²) in [5.74, 6) is -2.13. The molecule has 0 radical (unpaired) electrons. The van der Waals surface area contributed by atoms with Crippen molar-refractivity contribution in [1.29, 1.82) is 5.53 Å². The summed E-state index contributed by atoms with van der Waals surface area (Å²) in [6.45, 7) is 0. The average Bonchev–Trinajstić information content (AvgIpc) is 2.31. The van der Waals surface area contributed by atoms with E-state index >= 15 is 0 Å². The van der Waals surface area contributed by atoms with Crippen molar-refractivity contribution in [1.82, 2.24) is 0 Å². The van der Waals surface area contributed by atoms with Crippen LogP contribution < -0.4 is 0 Å². The molecule has 0 aromatic heterocycles. The van der Waals surface area contributed by atoms with Gasteiger partial charge in [0.25, 0.3) is 0 Å². The Balaban J connectivity index is 0. The van der Waals surface area contributed by atoms with Gasteiger partial charge in [-0.05, 0) is 34.7 Å². The molecule has 0 atom stereocenters. The first-order valence-electron chi connectivity index (χ1n) is 4.00. The van der Waals surface area contributed by atoms with Gasteiger partial charge >= 0.3 is 11.9 Å². The Bertz CT molecular complexity index is 426. The Labute approximate surface area is 99.9 Å². The lowest BCUT2D eigenvalue weighted by Crippen LogP contribution is -1.99. The number of carboxylic acid groups (broad SMARTS) is 2. The maximum absolute atomic E-state index is 10.3. The number of carbonyl (C=O) groups is 2. The summed E-state index contributed by atoms with van der Waals surface area (Å²) >= 11 is 0. The van der Waals surface area contributed by atoms with Crippen LogP contribution in [-0.2, 0) is 0 Å². The van der Waals surface area contributed by atoms with E-state index in [9.17, 15) is 9.59 Å². The Kier molecular flexibility index (Phi) is 9.84. The molecule has 0 aliphatic carbocycles. The summed E-state index contributed by atoms with van der Waals surface area (Å²) in [6.07, 6.45) is 0. The van der Waals surface area contributed by atoms with Gasteiger partial charge in [-0.3, -0.25) is 4.91 Å². The van der Waals surface area contributed by atoms with Gasteiger partial charge in [0, 0.05) is 0 Å². The lowest BCUT2D eigenvalue weighted by molar-refractivity contribution is 0.0681. The SMILES string of the molecule is O=C(O)c1ccc(C(=O)O)cc1.[N-]=[N+]=N.[N-]=[N+]=[N-]. The minimum absolute atomic E-state index is 0.0833. The largest absolute Gasteiger partial charge is 0.478 e. The first kappa shape index (κ1) is 17.2. The van der Waals surface area contributed by atoms with Crippen molar-refractivity contribution >= 4 is 11.9 Å². The molecule has 0 saturated heterocycles. The van der Waals surface area contributed by atoms with Crippen LogP contribution in [0.5, 0.6) is 0 Å². The number of nitrogens with zero attached hydrogens (tertiary/aromatic N) is 5. The van der Waals surface area contributed by atoms with Gasteiger partial charge in [0.05, 0.1) is 11.1 Å². The molecular formula is C8H7N6O4-. The maximum Gasteiger partial charge on any atom is 0.335 e. The third-order valence-electron chi connectivity index (χ3n) is 1.38. The van der Waals surface area contributed by atoms with E-state index in [1.165, 1.54) is 29.2 Å². The molecule has 1 aromatic rings. The lowest BCUT2D eigenvalue weighted by Gasteiger charge is -1.94. The fraction of sp³-hybridized carbons (Fsp3) is 0. The van der Waals surface area contributed by atoms with Crippen LogP contribution >= 0.6 is 0 Å². The van der Waals surface area contributed by atoms with Crippen molar-refractivity contribution in [3.05, 3.63) is 61.8 Å². The molecule has 0 saturated carbocycles. The predicted molar refractivity (Wildman–Crippen MR) is 59.9 cm³/mol. The van der Waals surface area contributed by atoms with E-state index in [0.717, 1.165) is 0 Å². The Hall–Kier alpha value is -3.22. The molecule has 18 heavy (non-hydrogen) atoms. The third kappa shape index (κ3) is 8.12. The third-order valence-corrected chi connectivity index (χ3v) is 1.38. The van der Waals surface area contributed by atoms with Crippen molar-refractivity contribution in [2.75, 3.05) is 0 Å². The molecule has 0 amide bonds. The second kappa shape index (κ2) is 10.3. The first-order chi connectivity index (χ1) is 8.44. The number of rotatable bonds is 2. The topological polar surface area (TPSA) is 194 Å².